The second kappa shape index (κ2) is 8.32. The topological polar surface area (TPSA) is 82.2 Å². The predicted molar refractivity (Wildman–Crippen MR) is 135 cm³/mol. The van der Waals surface area contributed by atoms with E-state index in [2.05, 4.69) is 10.3 Å². The highest BCUT2D eigenvalue weighted by Gasteiger charge is 2.30. The fraction of sp³-hybridized carbons (Fsp3) is 0.143. The molecule has 2 heterocycles. The van der Waals surface area contributed by atoms with Crippen LogP contribution >= 0.6 is 0 Å². The molecule has 1 aromatic heterocycles. The number of rotatable bonds is 5. The highest BCUT2D eigenvalue weighted by Crippen LogP contribution is 2.39. The Morgan fingerprint density at radius 3 is 2.35 bits per heavy atom. The molecule has 0 bridgehead atoms. The van der Waals surface area contributed by atoms with Gasteiger partial charge in [-0.1, -0.05) is 54.6 Å². The zero-order valence-corrected chi connectivity index (χ0v) is 19.4. The van der Waals surface area contributed by atoms with Crippen LogP contribution in [0, 0.1) is 0 Å². The lowest BCUT2D eigenvalue weighted by Crippen LogP contribution is -2.28. The summed E-state index contributed by atoms with van der Waals surface area (Å²) >= 11 is 0. The molecular weight excluding hydrogens is 424 g/mol. The number of nitrogens with one attached hydrogen (secondary N) is 1. The zero-order valence-electron chi connectivity index (χ0n) is 19.4. The van der Waals surface area contributed by atoms with Crippen molar-refractivity contribution < 1.29 is 9.53 Å². The molecule has 6 heteroatoms. The Balaban J connectivity index is 1.57. The minimum Gasteiger partial charge on any atom is -0.422 e. The van der Waals surface area contributed by atoms with E-state index in [-0.39, 0.29) is 5.97 Å². The maximum absolute atomic E-state index is 13.0. The van der Waals surface area contributed by atoms with E-state index in [0.29, 0.717) is 17.0 Å². The minimum atomic E-state index is -0.459. The molecule has 170 valence electrons. The number of aromatic nitrogens is 2. The number of nitrogens with zero attached hydrogens (tertiary/aromatic N) is 2. The van der Waals surface area contributed by atoms with Crippen LogP contribution in [-0.2, 0) is 17.4 Å². The average molecular weight is 451 g/mol. The number of aryl methyl sites for hydroxylation is 1. The van der Waals surface area contributed by atoms with Crippen LogP contribution in [0.25, 0.3) is 22.5 Å². The molecule has 6 nitrogen and oxygen atoms in total. The number of carbonyl (C=O) groups excluding carboxylic acids is 1. The van der Waals surface area contributed by atoms with Crippen LogP contribution in [0.5, 0.6) is 5.75 Å². The molecule has 5 rings (SSSR count). The summed E-state index contributed by atoms with van der Waals surface area (Å²) in [5.74, 6) is 0.184. The van der Waals surface area contributed by atoms with E-state index >= 15 is 0 Å². The normalized spacial score (nSPS) is 14.5. The SMILES string of the molecule is Cn1cnc(-c2ccc(NC(=C3C(=O)Oc4ccccc43)c3ccc(C(C)(C)N)cc3)cc2)c1. The first-order chi connectivity index (χ1) is 16.3. The highest BCUT2D eigenvalue weighted by atomic mass is 16.5. The van der Waals surface area contributed by atoms with Gasteiger partial charge >= 0.3 is 5.97 Å². The summed E-state index contributed by atoms with van der Waals surface area (Å²) < 4.78 is 7.47. The van der Waals surface area contributed by atoms with Gasteiger partial charge in [0.1, 0.15) is 5.75 Å². The van der Waals surface area contributed by atoms with Crippen molar-refractivity contribution in [2.24, 2.45) is 12.8 Å². The van der Waals surface area contributed by atoms with Gasteiger partial charge in [0.2, 0.25) is 0 Å². The van der Waals surface area contributed by atoms with E-state index < -0.39 is 5.54 Å². The van der Waals surface area contributed by atoms with Gasteiger partial charge in [-0.2, -0.15) is 0 Å². The summed E-state index contributed by atoms with van der Waals surface area (Å²) in [7, 11) is 1.94. The van der Waals surface area contributed by atoms with Gasteiger partial charge in [-0.05, 0) is 43.2 Å². The summed E-state index contributed by atoms with van der Waals surface area (Å²) in [6.45, 7) is 3.93. The van der Waals surface area contributed by atoms with Crippen molar-refractivity contribution in [1.82, 2.24) is 9.55 Å². The Morgan fingerprint density at radius 1 is 1.00 bits per heavy atom. The first kappa shape index (κ1) is 21.7. The monoisotopic (exact) mass is 450 g/mol. The van der Waals surface area contributed by atoms with Crippen molar-refractivity contribution in [2.75, 3.05) is 5.32 Å². The van der Waals surface area contributed by atoms with Gasteiger partial charge in [-0.15, -0.1) is 0 Å². The van der Waals surface area contributed by atoms with E-state index in [1.807, 2.05) is 98.4 Å². The molecule has 3 N–H and O–H groups in total. The third-order valence-corrected chi connectivity index (χ3v) is 5.89. The number of anilines is 1. The number of hydrogen-bond acceptors (Lipinski definition) is 5. The van der Waals surface area contributed by atoms with Gasteiger partial charge in [0.25, 0.3) is 0 Å². The summed E-state index contributed by atoms with van der Waals surface area (Å²) in [5, 5.41) is 3.47. The highest BCUT2D eigenvalue weighted by molar-refractivity contribution is 6.29. The van der Waals surface area contributed by atoms with Gasteiger partial charge in [-0.3, -0.25) is 0 Å². The average Bonchev–Trinajstić information content (AvgIpc) is 3.40. The first-order valence-corrected chi connectivity index (χ1v) is 11.1. The van der Waals surface area contributed by atoms with Crippen LogP contribution < -0.4 is 15.8 Å². The molecule has 0 radical (unpaired) electrons. The number of fused-ring (bicyclic) bond motifs is 1. The molecule has 0 spiro atoms. The summed E-state index contributed by atoms with van der Waals surface area (Å²) in [6, 6.07) is 23.4. The van der Waals surface area contributed by atoms with Crippen LogP contribution in [-0.4, -0.2) is 15.5 Å². The van der Waals surface area contributed by atoms with E-state index in [4.69, 9.17) is 10.5 Å². The second-order valence-corrected chi connectivity index (χ2v) is 9.06. The lowest BCUT2D eigenvalue weighted by atomic mass is 9.93. The number of para-hydroxylation sites is 1. The molecule has 1 aliphatic heterocycles. The third kappa shape index (κ3) is 4.11. The molecule has 34 heavy (non-hydrogen) atoms. The van der Waals surface area contributed by atoms with Gasteiger partial charge in [0.15, 0.2) is 0 Å². The number of benzene rings is 3. The molecule has 0 saturated carbocycles. The summed E-state index contributed by atoms with van der Waals surface area (Å²) in [6.07, 6.45) is 3.75. The van der Waals surface area contributed by atoms with Crippen molar-refractivity contribution in [3.8, 4) is 17.0 Å². The molecule has 3 aromatic carbocycles. The molecule has 0 unspecified atom stereocenters. The summed E-state index contributed by atoms with van der Waals surface area (Å²) in [4.78, 5) is 17.4. The molecule has 0 amide bonds. The standard InChI is InChI=1S/C28H26N4O2/c1-28(2,29)20-12-8-19(9-13-20)26(25-22-6-4-5-7-24(22)34-27(25)33)31-21-14-10-18(11-15-21)23-16-32(3)17-30-23/h4-17,31H,29H2,1-3H3. The van der Waals surface area contributed by atoms with Crippen molar-refractivity contribution in [1.29, 1.82) is 0 Å². The molecule has 0 atom stereocenters. The molecule has 0 aliphatic carbocycles. The summed E-state index contributed by atoms with van der Waals surface area (Å²) in [5.41, 5.74) is 12.4. The molecule has 4 aromatic rings. The van der Waals surface area contributed by atoms with E-state index in [0.717, 1.165) is 33.6 Å². The quantitative estimate of drug-likeness (QED) is 0.249. The van der Waals surface area contributed by atoms with Crippen LogP contribution in [0.2, 0.25) is 0 Å². The largest absolute Gasteiger partial charge is 0.422 e. The van der Waals surface area contributed by atoms with E-state index in [9.17, 15) is 4.79 Å². The van der Waals surface area contributed by atoms with Crippen LogP contribution in [0.3, 0.4) is 0 Å². The molecular formula is C28H26N4O2. The fourth-order valence-electron chi connectivity index (χ4n) is 4.04. The number of nitrogens with two attached hydrogens (primary N) is 1. The predicted octanol–water partition coefficient (Wildman–Crippen LogP) is 5.18. The number of esters is 1. The Hall–Kier alpha value is -4.16. The van der Waals surface area contributed by atoms with Crippen LogP contribution in [0.1, 0.15) is 30.5 Å². The number of carbonyl (C=O) groups is 1. The number of hydrogen-bond donors (Lipinski definition) is 2. The maximum Gasteiger partial charge on any atom is 0.346 e. The van der Waals surface area contributed by atoms with Crippen molar-refractivity contribution in [3.63, 3.8) is 0 Å². The Labute approximate surface area is 198 Å². The maximum atomic E-state index is 13.0. The smallest absolute Gasteiger partial charge is 0.346 e. The van der Waals surface area contributed by atoms with E-state index in [1.165, 1.54) is 0 Å². The van der Waals surface area contributed by atoms with Gasteiger partial charge in [-0.25, -0.2) is 9.78 Å². The van der Waals surface area contributed by atoms with Crippen molar-refractivity contribution >= 4 is 22.9 Å². The minimum absolute atomic E-state index is 0.378. The van der Waals surface area contributed by atoms with Gasteiger partial charge in [0.05, 0.1) is 23.3 Å². The first-order valence-electron chi connectivity index (χ1n) is 11.1. The molecule has 0 saturated heterocycles. The Bertz CT molecular complexity index is 1390. The lowest BCUT2D eigenvalue weighted by molar-refractivity contribution is -0.126. The van der Waals surface area contributed by atoms with Crippen molar-refractivity contribution in [2.45, 2.75) is 19.4 Å². The van der Waals surface area contributed by atoms with E-state index in [1.54, 1.807) is 12.4 Å². The second-order valence-electron chi connectivity index (χ2n) is 9.06. The molecule has 0 fully saturated rings. The number of ether oxygens (including phenoxy) is 1. The van der Waals surface area contributed by atoms with Crippen LogP contribution in [0.4, 0.5) is 5.69 Å². The van der Waals surface area contributed by atoms with Gasteiger partial charge < -0.3 is 20.4 Å². The Kier molecular flexibility index (Phi) is 5.30. The zero-order chi connectivity index (χ0) is 23.9. The van der Waals surface area contributed by atoms with Gasteiger partial charge in [0, 0.05) is 35.6 Å². The van der Waals surface area contributed by atoms with Crippen molar-refractivity contribution in [3.05, 3.63) is 102 Å². The van der Waals surface area contributed by atoms with Crippen LogP contribution in [0.15, 0.2) is 85.3 Å². The third-order valence-electron chi connectivity index (χ3n) is 5.89. The Morgan fingerprint density at radius 2 is 1.71 bits per heavy atom. The lowest BCUT2D eigenvalue weighted by Gasteiger charge is -2.20. The fourth-order valence-corrected chi connectivity index (χ4v) is 4.04. The molecule has 1 aliphatic rings. The number of imidazole rings is 1.